The van der Waals surface area contributed by atoms with Gasteiger partial charge in [0.2, 0.25) is 0 Å². The topological polar surface area (TPSA) is 123 Å². The Morgan fingerprint density at radius 2 is 1.28 bits per heavy atom. The van der Waals surface area contributed by atoms with Crippen molar-refractivity contribution in [3.63, 3.8) is 0 Å². The number of imide groups is 2. The standard InChI is InChI=1S/C17H8N2O6/c20-11-5-8(15(22)18-11)13-7-3-1-2-4-10(7)25-17(24)14(13)9-6-12(21)19-16(9)23/h1-6H,(H,18,20,22)(H,19,21,23). The monoisotopic (exact) mass is 336 g/mol. The molecule has 0 saturated heterocycles. The Kier molecular flexibility index (Phi) is 3.01. The SMILES string of the molecule is O=C1C=C(c2c(C3=CC(=O)NC3=O)c3ccccc3oc2=O)C(=O)N1. The molecule has 0 bridgehead atoms. The van der Waals surface area contributed by atoms with E-state index in [1.807, 2.05) is 5.32 Å². The van der Waals surface area contributed by atoms with Crippen molar-refractivity contribution >= 4 is 45.7 Å². The van der Waals surface area contributed by atoms with Crippen molar-refractivity contribution in [2.45, 2.75) is 0 Å². The van der Waals surface area contributed by atoms with Crippen LogP contribution >= 0.6 is 0 Å². The van der Waals surface area contributed by atoms with Crippen molar-refractivity contribution in [1.29, 1.82) is 0 Å². The lowest BCUT2D eigenvalue weighted by atomic mass is 9.93. The lowest BCUT2D eigenvalue weighted by Gasteiger charge is -2.11. The van der Waals surface area contributed by atoms with Gasteiger partial charge in [0.05, 0.1) is 16.7 Å². The summed E-state index contributed by atoms with van der Waals surface area (Å²) < 4.78 is 5.22. The van der Waals surface area contributed by atoms with Gasteiger partial charge in [-0.05, 0) is 6.07 Å². The molecule has 4 rings (SSSR count). The van der Waals surface area contributed by atoms with Crippen molar-refractivity contribution in [3.8, 4) is 0 Å². The number of rotatable bonds is 2. The van der Waals surface area contributed by atoms with Gasteiger partial charge in [-0.25, -0.2) is 4.79 Å². The van der Waals surface area contributed by atoms with E-state index in [2.05, 4.69) is 5.32 Å². The Hall–Kier alpha value is -3.81. The summed E-state index contributed by atoms with van der Waals surface area (Å²) in [6.45, 7) is 0. The summed E-state index contributed by atoms with van der Waals surface area (Å²) >= 11 is 0. The van der Waals surface area contributed by atoms with E-state index in [1.54, 1.807) is 18.2 Å². The van der Waals surface area contributed by atoms with Crippen LogP contribution in [0.3, 0.4) is 0 Å². The molecule has 8 nitrogen and oxygen atoms in total. The zero-order valence-corrected chi connectivity index (χ0v) is 12.4. The van der Waals surface area contributed by atoms with E-state index < -0.39 is 29.3 Å². The molecule has 2 aromatic rings. The molecule has 1 aromatic carbocycles. The maximum absolute atomic E-state index is 12.5. The van der Waals surface area contributed by atoms with Gasteiger partial charge in [-0.15, -0.1) is 0 Å². The fourth-order valence-corrected chi connectivity index (χ4v) is 2.87. The van der Waals surface area contributed by atoms with Gasteiger partial charge in [-0.3, -0.25) is 29.8 Å². The van der Waals surface area contributed by atoms with Crippen LogP contribution in [0, 0.1) is 0 Å². The Balaban J connectivity index is 2.15. The molecule has 122 valence electrons. The summed E-state index contributed by atoms with van der Waals surface area (Å²) in [5, 5.41) is 4.50. The molecule has 0 unspecified atom stereocenters. The molecule has 0 spiro atoms. The van der Waals surface area contributed by atoms with Crippen LogP contribution in [0.4, 0.5) is 0 Å². The first kappa shape index (κ1) is 14.8. The lowest BCUT2D eigenvalue weighted by molar-refractivity contribution is -0.124. The van der Waals surface area contributed by atoms with Crippen LogP contribution in [0.1, 0.15) is 11.1 Å². The number of fused-ring (bicyclic) bond motifs is 1. The predicted molar refractivity (Wildman–Crippen MR) is 84.7 cm³/mol. The largest absolute Gasteiger partial charge is 0.422 e. The maximum atomic E-state index is 12.5. The Morgan fingerprint density at radius 1 is 0.720 bits per heavy atom. The minimum absolute atomic E-state index is 0.0721. The molecule has 2 N–H and O–H groups in total. The molecule has 0 saturated carbocycles. The highest BCUT2D eigenvalue weighted by molar-refractivity contribution is 6.39. The molecule has 2 aliphatic rings. The molecular weight excluding hydrogens is 328 g/mol. The van der Waals surface area contributed by atoms with E-state index in [0.29, 0.717) is 5.39 Å². The highest BCUT2D eigenvalue weighted by Crippen LogP contribution is 2.32. The third kappa shape index (κ3) is 2.19. The number of para-hydroxylation sites is 1. The zero-order chi connectivity index (χ0) is 17.7. The van der Waals surface area contributed by atoms with Gasteiger partial charge < -0.3 is 4.42 Å². The van der Waals surface area contributed by atoms with Crippen LogP contribution in [0.25, 0.3) is 22.1 Å². The Labute approximate surface area is 138 Å². The summed E-state index contributed by atoms with van der Waals surface area (Å²) in [5.41, 5.74) is -1.16. The van der Waals surface area contributed by atoms with E-state index >= 15 is 0 Å². The summed E-state index contributed by atoms with van der Waals surface area (Å²) in [4.78, 5) is 59.7. The molecule has 0 fully saturated rings. The third-order valence-corrected chi connectivity index (χ3v) is 3.87. The van der Waals surface area contributed by atoms with E-state index in [-0.39, 0.29) is 27.9 Å². The van der Waals surface area contributed by atoms with Crippen LogP contribution in [-0.2, 0) is 19.2 Å². The highest BCUT2D eigenvalue weighted by atomic mass is 16.4. The van der Waals surface area contributed by atoms with Gasteiger partial charge in [0.15, 0.2) is 0 Å². The first-order chi connectivity index (χ1) is 12.0. The maximum Gasteiger partial charge on any atom is 0.345 e. The average Bonchev–Trinajstić information content (AvgIpc) is 3.06. The second-order valence-electron chi connectivity index (χ2n) is 5.39. The van der Waals surface area contributed by atoms with E-state index in [4.69, 9.17) is 4.42 Å². The minimum atomic E-state index is -0.891. The first-order valence-electron chi connectivity index (χ1n) is 7.16. The van der Waals surface area contributed by atoms with Crippen LogP contribution < -0.4 is 16.3 Å². The van der Waals surface area contributed by atoms with Crippen molar-refractivity contribution in [2.24, 2.45) is 0 Å². The predicted octanol–water partition coefficient (Wildman–Crippen LogP) is -0.127. The Morgan fingerprint density at radius 3 is 1.84 bits per heavy atom. The Bertz CT molecular complexity index is 1140. The van der Waals surface area contributed by atoms with E-state index in [1.165, 1.54) is 6.07 Å². The normalized spacial score (nSPS) is 16.8. The second-order valence-corrected chi connectivity index (χ2v) is 5.39. The number of hydrogen-bond donors (Lipinski definition) is 2. The fourth-order valence-electron chi connectivity index (χ4n) is 2.87. The average molecular weight is 336 g/mol. The van der Waals surface area contributed by atoms with Gasteiger partial charge in [0.25, 0.3) is 23.6 Å². The highest BCUT2D eigenvalue weighted by Gasteiger charge is 2.33. The van der Waals surface area contributed by atoms with Crippen molar-refractivity contribution < 1.29 is 23.6 Å². The van der Waals surface area contributed by atoms with Crippen LogP contribution in [0.2, 0.25) is 0 Å². The molecule has 2 aliphatic heterocycles. The molecule has 3 heterocycles. The number of amides is 4. The molecule has 0 radical (unpaired) electrons. The van der Waals surface area contributed by atoms with Gasteiger partial charge in [0.1, 0.15) is 5.58 Å². The quantitative estimate of drug-likeness (QED) is 0.582. The van der Waals surface area contributed by atoms with Gasteiger partial charge in [-0.1, -0.05) is 18.2 Å². The van der Waals surface area contributed by atoms with Crippen molar-refractivity contribution in [2.75, 3.05) is 0 Å². The smallest absolute Gasteiger partial charge is 0.345 e. The number of carbonyl (C=O) groups is 4. The van der Waals surface area contributed by atoms with Crippen LogP contribution in [-0.4, -0.2) is 23.6 Å². The number of nitrogens with one attached hydrogen (secondary N) is 2. The van der Waals surface area contributed by atoms with Gasteiger partial charge in [0, 0.05) is 23.1 Å². The molecule has 0 aliphatic carbocycles. The zero-order valence-electron chi connectivity index (χ0n) is 12.4. The molecular formula is C17H8N2O6. The van der Waals surface area contributed by atoms with Crippen LogP contribution in [0.15, 0.2) is 45.6 Å². The van der Waals surface area contributed by atoms with Gasteiger partial charge in [-0.2, -0.15) is 0 Å². The molecule has 25 heavy (non-hydrogen) atoms. The minimum Gasteiger partial charge on any atom is -0.422 e. The molecule has 8 heteroatoms. The van der Waals surface area contributed by atoms with Crippen LogP contribution in [0.5, 0.6) is 0 Å². The van der Waals surface area contributed by atoms with E-state index in [0.717, 1.165) is 12.2 Å². The molecule has 1 aromatic heterocycles. The summed E-state index contributed by atoms with van der Waals surface area (Å²) in [7, 11) is 0. The van der Waals surface area contributed by atoms with E-state index in [9.17, 15) is 24.0 Å². The summed E-state index contributed by atoms with van der Waals surface area (Å²) in [5.74, 6) is -2.80. The first-order valence-corrected chi connectivity index (χ1v) is 7.16. The lowest BCUT2D eigenvalue weighted by Crippen LogP contribution is -2.25. The molecule has 0 atom stereocenters. The number of benzene rings is 1. The number of carbonyl (C=O) groups excluding carboxylic acids is 4. The fraction of sp³-hybridized carbons (Fsp3) is 0. The van der Waals surface area contributed by atoms with Crippen molar-refractivity contribution in [3.05, 3.63) is 58.0 Å². The van der Waals surface area contributed by atoms with Crippen molar-refractivity contribution in [1.82, 2.24) is 10.6 Å². The second kappa shape index (κ2) is 5.10. The third-order valence-electron chi connectivity index (χ3n) is 3.87. The summed E-state index contributed by atoms with van der Waals surface area (Å²) in [6.07, 6.45) is 2.00. The number of hydrogen-bond acceptors (Lipinski definition) is 6. The summed E-state index contributed by atoms with van der Waals surface area (Å²) in [6, 6.07) is 6.39. The molecule has 4 amide bonds. The van der Waals surface area contributed by atoms with Gasteiger partial charge >= 0.3 is 5.63 Å².